The topological polar surface area (TPSA) is 33.6 Å². The van der Waals surface area contributed by atoms with Gasteiger partial charge in [-0.25, -0.2) is 0 Å². The lowest BCUT2D eigenvalue weighted by Gasteiger charge is -2.35. The molecule has 0 amide bonds. The molecule has 2 unspecified atom stereocenters. The van der Waals surface area contributed by atoms with Crippen molar-refractivity contribution in [3.63, 3.8) is 0 Å². The van der Waals surface area contributed by atoms with Crippen LogP contribution in [0.15, 0.2) is 35.4 Å². The van der Waals surface area contributed by atoms with Gasteiger partial charge in [-0.2, -0.15) is 5.10 Å². The van der Waals surface area contributed by atoms with Crippen LogP contribution in [0.25, 0.3) is 0 Å². The van der Waals surface area contributed by atoms with Crippen molar-refractivity contribution in [2.45, 2.75) is 31.9 Å². The molecule has 1 aromatic rings. The molecule has 0 radical (unpaired) electrons. The fraction of sp³-hybridized carbons (Fsp3) is 0.500. The van der Waals surface area contributed by atoms with Crippen LogP contribution in [0.3, 0.4) is 0 Å². The van der Waals surface area contributed by atoms with Gasteiger partial charge in [0.2, 0.25) is 0 Å². The lowest BCUT2D eigenvalue weighted by Crippen LogP contribution is -2.40. The molecule has 0 aromatic heterocycles. The van der Waals surface area contributed by atoms with Crippen LogP contribution in [0.4, 0.5) is 0 Å². The third kappa shape index (κ3) is 1.95. The lowest BCUT2D eigenvalue weighted by molar-refractivity contribution is -0.0389. The van der Waals surface area contributed by atoms with E-state index in [2.05, 4.69) is 48.6 Å². The first-order chi connectivity index (χ1) is 8.16. The van der Waals surface area contributed by atoms with Crippen LogP contribution in [-0.4, -0.2) is 17.9 Å². The molecule has 2 atom stereocenters. The number of fused-ring (bicyclic) bond motifs is 1. The predicted octanol–water partition coefficient (Wildman–Crippen LogP) is 2.50. The Morgan fingerprint density at radius 3 is 2.82 bits per heavy atom. The quantitative estimate of drug-likeness (QED) is 0.804. The van der Waals surface area contributed by atoms with E-state index < -0.39 is 0 Å². The van der Waals surface area contributed by atoms with Crippen molar-refractivity contribution in [1.82, 2.24) is 5.43 Å². The van der Waals surface area contributed by atoms with E-state index in [-0.39, 0.29) is 11.6 Å². The van der Waals surface area contributed by atoms with Gasteiger partial charge in [0.25, 0.3) is 0 Å². The maximum atomic E-state index is 5.91. The first-order valence-corrected chi connectivity index (χ1v) is 6.17. The molecule has 1 fully saturated rings. The van der Waals surface area contributed by atoms with Gasteiger partial charge < -0.3 is 10.2 Å². The van der Waals surface area contributed by atoms with Gasteiger partial charge in [-0.05, 0) is 19.4 Å². The third-order valence-electron chi connectivity index (χ3n) is 3.60. The van der Waals surface area contributed by atoms with Gasteiger partial charge in [-0.3, -0.25) is 0 Å². The average Bonchev–Trinajstić information content (AvgIpc) is 2.71. The summed E-state index contributed by atoms with van der Waals surface area (Å²) in [6, 6.07) is 10.8. The molecule has 1 N–H and O–H groups in total. The molecule has 90 valence electrons. The fourth-order valence-corrected chi connectivity index (χ4v) is 2.65. The summed E-state index contributed by atoms with van der Waals surface area (Å²) in [6.07, 6.45) is 0.925. The summed E-state index contributed by atoms with van der Waals surface area (Å²) in [5.41, 5.74) is 5.74. The number of hydrazone groups is 1. The van der Waals surface area contributed by atoms with Gasteiger partial charge in [-0.15, -0.1) is 0 Å². The maximum Gasteiger partial charge on any atom is 0.0792 e. The van der Waals surface area contributed by atoms with Crippen molar-refractivity contribution < 1.29 is 4.74 Å². The second-order valence-corrected chi connectivity index (χ2v) is 5.47. The predicted molar refractivity (Wildman–Crippen MR) is 67.9 cm³/mol. The van der Waals surface area contributed by atoms with E-state index in [1.165, 1.54) is 11.3 Å². The van der Waals surface area contributed by atoms with E-state index >= 15 is 0 Å². The number of rotatable bonds is 1. The highest BCUT2D eigenvalue weighted by Crippen LogP contribution is 2.36. The first kappa shape index (κ1) is 10.8. The molecule has 0 spiro atoms. The largest absolute Gasteiger partial charge is 0.374 e. The highest BCUT2D eigenvalue weighted by atomic mass is 16.5. The average molecular weight is 230 g/mol. The SMILES string of the molecule is CC1(C)CC2=NNC(c3ccccc3)C2CO1. The summed E-state index contributed by atoms with van der Waals surface area (Å²) in [7, 11) is 0. The van der Waals surface area contributed by atoms with Gasteiger partial charge >= 0.3 is 0 Å². The lowest BCUT2D eigenvalue weighted by atomic mass is 9.84. The van der Waals surface area contributed by atoms with Crippen molar-refractivity contribution in [2.24, 2.45) is 11.0 Å². The number of nitrogens with one attached hydrogen (secondary N) is 1. The minimum Gasteiger partial charge on any atom is -0.374 e. The molecule has 2 aliphatic rings. The minimum absolute atomic E-state index is 0.0669. The Labute approximate surface area is 102 Å². The molecule has 3 heteroatoms. The summed E-state index contributed by atoms with van der Waals surface area (Å²) in [4.78, 5) is 0. The minimum atomic E-state index is -0.0669. The van der Waals surface area contributed by atoms with Gasteiger partial charge in [-0.1, -0.05) is 30.3 Å². The van der Waals surface area contributed by atoms with Crippen molar-refractivity contribution in [1.29, 1.82) is 0 Å². The normalized spacial score (nSPS) is 30.4. The van der Waals surface area contributed by atoms with Crippen LogP contribution in [-0.2, 0) is 4.74 Å². The molecular formula is C14H18N2O. The number of hydrogen-bond acceptors (Lipinski definition) is 3. The van der Waals surface area contributed by atoms with E-state index in [0.29, 0.717) is 5.92 Å². The van der Waals surface area contributed by atoms with Crippen LogP contribution in [0, 0.1) is 5.92 Å². The monoisotopic (exact) mass is 230 g/mol. The maximum absolute atomic E-state index is 5.91. The molecule has 1 saturated heterocycles. The Morgan fingerprint density at radius 1 is 1.29 bits per heavy atom. The van der Waals surface area contributed by atoms with Gasteiger partial charge in [0.1, 0.15) is 0 Å². The second kappa shape index (κ2) is 3.84. The summed E-state index contributed by atoms with van der Waals surface area (Å²) in [5, 5.41) is 4.50. The number of ether oxygens (including phenoxy) is 1. The molecule has 2 heterocycles. The Balaban J connectivity index is 1.82. The Kier molecular flexibility index (Phi) is 2.44. The summed E-state index contributed by atoms with van der Waals surface area (Å²) in [6.45, 7) is 5.02. The van der Waals surface area contributed by atoms with Gasteiger partial charge in [0, 0.05) is 18.1 Å². The smallest absolute Gasteiger partial charge is 0.0792 e. The highest BCUT2D eigenvalue weighted by molar-refractivity contribution is 5.90. The molecule has 1 aromatic carbocycles. The molecule has 0 saturated carbocycles. The van der Waals surface area contributed by atoms with Crippen LogP contribution >= 0.6 is 0 Å². The van der Waals surface area contributed by atoms with E-state index in [1.807, 2.05) is 6.07 Å². The molecule has 3 rings (SSSR count). The number of nitrogens with zero attached hydrogens (tertiary/aromatic N) is 1. The summed E-state index contributed by atoms with van der Waals surface area (Å²) >= 11 is 0. The zero-order chi connectivity index (χ0) is 11.9. The van der Waals surface area contributed by atoms with Crippen molar-refractivity contribution in [2.75, 3.05) is 6.61 Å². The van der Waals surface area contributed by atoms with Crippen LogP contribution < -0.4 is 5.43 Å². The van der Waals surface area contributed by atoms with E-state index in [0.717, 1.165) is 13.0 Å². The van der Waals surface area contributed by atoms with E-state index in [1.54, 1.807) is 0 Å². The summed E-state index contributed by atoms with van der Waals surface area (Å²) < 4.78 is 5.91. The van der Waals surface area contributed by atoms with Crippen LogP contribution in [0.2, 0.25) is 0 Å². The summed E-state index contributed by atoms with van der Waals surface area (Å²) in [5.74, 6) is 0.394. The van der Waals surface area contributed by atoms with E-state index in [4.69, 9.17) is 4.74 Å². The van der Waals surface area contributed by atoms with Crippen molar-refractivity contribution in [3.05, 3.63) is 35.9 Å². The Hall–Kier alpha value is -1.35. The van der Waals surface area contributed by atoms with Crippen LogP contribution in [0.5, 0.6) is 0 Å². The van der Waals surface area contributed by atoms with Crippen molar-refractivity contribution >= 4 is 5.71 Å². The third-order valence-corrected chi connectivity index (χ3v) is 3.60. The van der Waals surface area contributed by atoms with Crippen molar-refractivity contribution in [3.8, 4) is 0 Å². The number of benzene rings is 1. The Bertz CT molecular complexity index is 439. The fourth-order valence-electron chi connectivity index (χ4n) is 2.65. The highest BCUT2D eigenvalue weighted by Gasteiger charge is 2.40. The van der Waals surface area contributed by atoms with Gasteiger partial charge in [0.05, 0.1) is 18.2 Å². The molecule has 0 bridgehead atoms. The number of hydrogen-bond donors (Lipinski definition) is 1. The van der Waals surface area contributed by atoms with Crippen LogP contribution in [0.1, 0.15) is 31.9 Å². The Morgan fingerprint density at radius 2 is 2.06 bits per heavy atom. The molecule has 17 heavy (non-hydrogen) atoms. The zero-order valence-corrected chi connectivity index (χ0v) is 10.3. The first-order valence-electron chi connectivity index (χ1n) is 6.17. The second-order valence-electron chi connectivity index (χ2n) is 5.47. The molecule has 2 aliphatic heterocycles. The molecular weight excluding hydrogens is 212 g/mol. The van der Waals surface area contributed by atoms with Gasteiger partial charge in [0.15, 0.2) is 0 Å². The standard InChI is InChI=1S/C14H18N2O/c1-14(2)8-12-11(9-17-14)13(16-15-12)10-6-4-3-5-7-10/h3-7,11,13,16H,8-9H2,1-2H3. The molecule has 3 nitrogen and oxygen atoms in total. The van der Waals surface area contributed by atoms with E-state index in [9.17, 15) is 0 Å². The molecule has 0 aliphatic carbocycles. The zero-order valence-electron chi connectivity index (χ0n) is 10.3.